The van der Waals surface area contributed by atoms with Crippen molar-refractivity contribution in [2.45, 2.75) is 10.6 Å². The molecule has 0 radical (unpaired) electrons. The fourth-order valence-corrected chi connectivity index (χ4v) is 4.37. The van der Waals surface area contributed by atoms with Gasteiger partial charge in [0.25, 0.3) is 5.69 Å². The largest absolute Gasteiger partial charge is 0.300 e. The van der Waals surface area contributed by atoms with Gasteiger partial charge in [0.2, 0.25) is 10.0 Å². The molecule has 2 aromatic rings. The summed E-state index contributed by atoms with van der Waals surface area (Å²) in [6.45, 7) is 0.158. The summed E-state index contributed by atoms with van der Waals surface area (Å²) in [4.78, 5) is 9.96. The van der Waals surface area contributed by atoms with Crippen LogP contribution in [0, 0.1) is 10.1 Å². The van der Waals surface area contributed by atoms with Gasteiger partial charge in [-0.05, 0) is 6.07 Å². The first-order valence-electron chi connectivity index (χ1n) is 5.71. The van der Waals surface area contributed by atoms with Gasteiger partial charge in [0.1, 0.15) is 4.21 Å². The molecule has 8 nitrogen and oxygen atoms in total. The Labute approximate surface area is 129 Å². The van der Waals surface area contributed by atoms with Crippen molar-refractivity contribution in [3.05, 3.63) is 38.5 Å². The monoisotopic (exact) mass is 350 g/mol. The van der Waals surface area contributed by atoms with E-state index in [9.17, 15) is 18.5 Å². The molecule has 21 heavy (non-hydrogen) atoms. The Kier molecular flexibility index (Phi) is 4.61. The highest BCUT2D eigenvalue weighted by Crippen LogP contribution is 2.35. The Bertz CT molecular complexity index is 768. The summed E-state index contributed by atoms with van der Waals surface area (Å²) < 4.78 is 27.7. The molecule has 0 fully saturated rings. The number of sulfonamides is 1. The summed E-state index contributed by atoms with van der Waals surface area (Å²) in [7, 11) is -2.06. The fraction of sp³-hybridized carbons (Fsp3) is 0.300. The second-order valence-corrected chi connectivity index (χ2v) is 7.72. The molecule has 0 aromatic carbocycles. The van der Waals surface area contributed by atoms with Crippen molar-refractivity contribution in [2.24, 2.45) is 7.05 Å². The molecule has 2 aromatic heterocycles. The third kappa shape index (κ3) is 3.59. The molecule has 11 heteroatoms. The lowest BCUT2D eigenvalue weighted by Gasteiger charge is -2.04. The third-order valence-electron chi connectivity index (χ3n) is 2.70. The van der Waals surface area contributed by atoms with E-state index in [-0.39, 0.29) is 15.1 Å². The van der Waals surface area contributed by atoms with Gasteiger partial charge in [-0.3, -0.25) is 14.8 Å². The molecule has 114 valence electrons. The van der Waals surface area contributed by atoms with Crippen LogP contribution in [0.5, 0.6) is 0 Å². The number of thiophene rings is 1. The highest BCUT2D eigenvalue weighted by atomic mass is 35.5. The first kappa shape index (κ1) is 15.9. The Balaban J connectivity index is 2.07. The van der Waals surface area contributed by atoms with Gasteiger partial charge in [0, 0.05) is 38.0 Å². The molecule has 2 rings (SSSR count). The van der Waals surface area contributed by atoms with Gasteiger partial charge < -0.3 is 0 Å². The van der Waals surface area contributed by atoms with E-state index in [0.717, 1.165) is 11.8 Å². The van der Waals surface area contributed by atoms with Gasteiger partial charge in [-0.25, -0.2) is 13.1 Å². The normalized spacial score (nSPS) is 11.7. The molecule has 0 amide bonds. The second kappa shape index (κ2) is 6.10. The number of nitro groups is 1. The maximum atomic E-state index is 12.0. The van der Waals surface area contributed by atoms with Crippen LogP contribution in [0.25, 0.3) is 0 Å². The minimum atomic E-state index is -3.81. The van der Waals surface area contributed by atoms with Crippen LogP contribution in [0.3, 0.4) is 0 Å². The van der Waals surface area contributed by atoms with Crippen LogP contribution in [0.4, 0.5) is 5.69 Å². The van der Waals surface area contributed by atoms with Crippen LogP contribution >= 0.6 is 22.9 Å². The molecule has 0 saturated carbocycles. The number of nitrogens with one attached hydrogen (secondary N) is 1. The number of nitrogens with zero attached hydrogens (tertiary/aromatic N) is 3. The zero-order valence-electron chi connectivity index (χ0n) is 10.8. The molecule has 0 aliphatic carbocycles. The molecule has 0 atom stereocenters. The van der Waals surface area contributed by atoms with Crippen LogP contribution in [0.15, 0.2) is 22.5 Å². The molecule has 0 aliphatic rings. The predicted octanol–water partition coefficient (Wildman–Crippen LogP) is 1.56. The van der Waals surface area contributed by atoms with Crippen LogP contribution in [-0.2, 0) is 23.5 Å². The second-order valence-electron chi connectivity index (χ2n) is 4.08. The zero-order chi connectivity index (χ0) is 15.6. The number of aromatic nitrogens is 2. The van der Waals surface area contributed by atoms with Crippen LogP contribution < -0.4 is 4.72 Å². The Morgan fingerprint density at radius 3 is 2.81 bits per heavy atom. The summed E-state index contributed by atoms with van der Waals surface area (Å²) in [5, 5.41) is 14.6. The van der Waals surface area contributed by atoms with E-state index in [4.69, 9.17) is 11.6 Å². The van der Waals surface area contributed by atoms with E-state index in [1.807, 2.05) is 0 Å². The minimum Gasteiger partial charge on any atom is -0.273 e. The number of halogens is 1. The van der Waals surface area contributed by atoms with E-state index >= 15 is 0 Å². The molecule has 0 saturated heterocycles. The zero-order valence-corrected chi connectivity index (χ0v) is 13.2. The van der Waals surface area contributed by atoms with Gasteiger partial charge in [0.05, 0.1) is 4.92 Å². The van der Waals surface area contributed by atoms with Crippen molar-refractivity contribution in [1.29, 1.82) is 0 Å². The third-order valence-corrected chi connectivity index (χ3v) is 5.98. The first-order chi connectivity index (χ1) is 9.81. The Morgan fingerprint density at radius 1 is 1.57 bits per heavy atom. The maximum Gasteiger partial charge on any atom is 0.300 e. The average molecular weight is 351 g/mol. The first-order valence-corrected chi connectivity index (χ1v) is 8.39. The van der Waals surface area contributed by atoms with Crippen molar-refractivity contribution in [2.75, 3.05) is 6.54 Å². The van der Waals surface area contributed by atoms with E-state index < -0.39 is 20.6 Å². The summed E-state index contributed by atoms with van der Waals surface area (Å²) in [6.07, 6.45) is 2.07. The molecule has 0 aliphatic heterocycles. The van der Waals surface area contributed by atoms with Gasteiger partial charge in [-0.15, -0.1) is 11.3 Å². The minimum absolute atomic E-state index is 0.158. The highest BCUT2D eigenvalue weighted by Gasteiger charge is 2.24. The summed E-state index contributed by atoms with van der Waals surface area (Å²) in [5.74, 6) is 0. The Morgan fingerprint density at radius 2 is 2.29 bits per heavy atom. The quantitative estimate of drug-likeness (QED) is 0.628. The number of rotatable bonds is 6. The van der Waals surface area contributed by atoms with Crippen molar-refractivity contribution >= 4 is 38.6 Å². The maximum absolute atomic E-state index is 12.0. The van der Waals surface area contributed by atoms with E-state index in [0.29, 0.717) is 17.8 Å². The summed E-state index contributed by atoms with van der Waals surface area (Å²) in [5.41, 5.74) is 0.460. The average Bonchev–Trinajstić information content (AvgIpc) is 2.96. The van der Waals surface area contributed by atoms with Gasteiger partial charge in [-0.1, -0.05) is 11.6 Å². The molecular weight excluding hydrogens is 340 g/mol. The Hall–Kier alpha value is -1.49. The van der Waals surface area contributed by atoms with Crippen LogP contribution in [0.1, 0.15) is 5.69 Å². The number of aryl methyl sites for hydroxylation is 1. The van der Waals surface area contributed by atoms with E-state index in [1.165, 1.54) is 0 Å². The molecule has 1 N–H and O–H groups in total. The van der Waals surface area contributed by atoms with Gasteiger partial charge >= 0.3 is 0 Å². The van der Waals surface area contributed by atoms with Crippen molar-refractivity contribution in [3.63, 3.8) is 0 Å². The van der Waals surface area contributed by atoms with Crippen molar-refractivity contribution < 1.29 is 13.3 Å². The van der Waals surface area contributed by atoms with Crippen LogP contribution in [-0.4, -0.2) is 29.7 Å². The lowest BCUT2D eigenvalue weighted by atomic mass is 10.3. The molecule has 2 heterocycles. The topological polar surface area (TPSA) is 107 Å². The van der Waals surface area contributed by atoms with Gasteiger partial charge in [-0.2, -0.15) is 5.10 Å². The lowest BCUT2D eigenvalue weighted by molar-refractivity contribution is -0.384. The summed E-state index contributed by atoms with van der Waals surface area (Å²) >= 11 is 6.31. The molecule has 0 unspecified atom stereocenters. The molecule has 0 bridgehead atoms. The van der Waals surface area contributed by atoms with Crippen molar-refractivity contribution in [3.8, 4) is 0 Å². The molecular formula is C10H11ClN4O4S2. The van der Waals surface area contributed by atoms with Gasteiger partial charge in [0.15, 0.2) is 4.34 Å². The SMILES string of the molecule is Cn1nccc1CCNS(=O)(=O)c1cc([N+](=O)[O-])c(Cl)s1. The molecule has 0 spiro atoms. The number of hydrogen-bond donors (Lipinski definition) is 1. The standard InChI is InChI=1S/C10H11ClN4O4S2/c1-14-7(2-4-12-14)3-5-13-21(18,19)9-6-8(15(16)17)10(11)20-9/h2,4,6,13H,3,5H2,1H3. The predicted molar refractivity (Wildman–Crippen MR) is 78.1 cm³/mol. The van der Waals surface area contributed by atoms with E-state index in [1.54, 1.807) is 24.0 Å². The van der Waals surface area contributed by atoms with Crippen molar-refractivity contribution in [1.82, 2.24) is 14.5 Å². The van der Waals surface area contributed by atoms with Crippen LogP contribution in [0.2, 0.25) is 4.34 Å². The fourth-order valence-electron chi connectivity index (χ4n) is 1.63. The smallest absolute Gasteiger partial charge is 0.273 e. The number of hydrogen-bond acceptors (Lipinski definition) is 6. The summed E-state index contributed by atoms with van der Waals surface area (Å²) in [6, 6.07) is 2.74. The highest BCUT2D eigenvalue weighted by molar-refractivity contribution is 7.91. The van der Waals surface area contributed by atoms with E-state index in [2.05, 4.69) is 9.82 Å². The lowest BCUT2D eigenvalue weighted by Crippen LogP contribution is -2.25.